The number of fused-ring (bicyclic) bond motifs is 1. The van der Waals surface area contributed by atoms with Gasteiger partial charge in [0.15, 0.2) is 11.2 Å². The highest BCUT2D eigenvalue weighted by Crippen LogP contribution is 2.10. The fourth-order valence-electron chi connectivity index (χ4n) is 1.18. The third kappa shape index (κ3) is 1.21. The van der Waals surface area contributed by atoms with Gasteiger partial charge in [0.05, 0.1) is 5.39 Å². The van der Waals surface area contributed by atoms with Crippen molar-refractivity contribution in [3.63, 3.8) is 0 Å². The van der Waals surface area contributed by atoms with Gasteiger partial charge in [-0.3, -0.25) is 4.79 Å². The van der Waals surface area contributed by atoms with Gasteiger partial charge in [-0.2, -0.15) is 0 Å². The molecule has 2 heteroatoms. The molecule has 0 spiro atoms. The fourth-order valence-corrected chi connectivity index (χ4v) is 1.18. The van der Waals surface area contributed by atoms with Crippen LogP contribution in [0.5, 0.6) is 0 Å². The van der Waals surface area contributed by atoms with Crippen molar-refractivity contribution in [2.75, 3.05) is 0 Å². The summed E-state index contributed by atoms with van der Waals surface area (Å²) in [5.41, 5.74) is 0.428. The fraction of sp³-hybridized carbons (Fsp3) is 0. The van der Waals surface area contributed by atoms with Gasteiger partial charge in [-0.15, -0.1) is 6.42 Å². The highest BCUT2D eigenvalue weighted by atomic mass is 16.3. The summed E-state index contributed by atoms with van der Waals surface area (Å²) >= 11 is 0. The maximum absolute atomic E-state index is 11.4. The minimum absolute atomic E-state index is 0.102. The maximum atomic E-state index is 11.4. The molecule has 0 amide bonds. The van der Waals surface area contributed by atoms with Crippen molar-refractivity contribution in [3.05, 3.63) is 46.3 Å². The Labute approximate surface area is 74.8 Å². The highest BCUT2D eigenvalue weighted by molar-refractivity contribution is 5.76. The quantitative estimate of drug-likeness (QED) is 0.564. The Morgan fingerprint density at radius 1 is 1.31 bits per heavy atom. The highest BCUT2D eigenvalue weighted by Gasteiger charge is 2.00. The summed E-state index contributed by atoms with van der Waals surface area (Å²) in [5, 5.41) is 0.557. The summed E-state index contributed by atoms with van der Waals surface area (Å²) in [6, 6.07) is 8.34. The van der Waals surface area contributed by atoms with E-state index in [1.807, 2.05) is 0 Å². The van der Waals surface area contributed by atoms with Gasteiger partial charge in [-0.05, 0) is 18.1 Å². The first kappa shape index (κ1) is 7.63. The SMILES string of the molecule is C#Cc1cc(=O)c2ccccc2o1. The van der Waals surface area contributed by atoms with E-state index >= 15 is 0 Å². The van der Waals surface area contributed by atoms with E-state index in [4.69, 9.17) is 10.8 Å². The normalized spacial score (nSPS) is 9.77. The Kier molecular flexibility index (Phi) is 1.64. The van der Waals surface area contributed by atoms with Gasteiger partial charge in [-0.25, -0.2) is 0 Å². The van der Waals surface area contributed by atoms with E-state index in [1.165, 1.54) is 6.07 Å². The smallest absolute Gasteiger partial charge is 0.193 e. The number of terminal acetylenes is 1. The second kappa shape index (κ2) is 2.80. The maximum Gasteiger partial charge on any atom is 0.193 e. The summed E-state index contributed by atoms with van der Waals surface area (Å²) in [7, 11) is 0. The van der Waals surface area contributed by atoms with Crippen molar-refractivity contribution in [2.45, 2.75) is 0 Å². The molecule has 2 aromatic rings. The Balaban J connectivity index is 2.95. The molecule has 0 atom stereocenters. The van der Waals surface area contributed by atoms with E-state index in [9.17, 15) is 4.79 Å². The molecule has 0 aliphatic rings. The molecular formula is C11H6O2. The number of rotatable bonds is 0. The molecule has 2 rings (SSSR count). The largest absolute Gasteiger partial charge is 0.447 e. The average molecular weight is 170 g/mol. The Hall–Kier alpha value is -2.01. The van der Waals surface area contributed by atoms with E-state index in [0.29, 0.717) is 11.0 Å². The van der Waals surface area contributed by atoms with Crippen LogP contribution >= 0.6 is 0 Å². The average Bonchev–Trinajstić information content (AvgIpc) is 2.18. The van der Waals surface area contributed by atoms with Crippen LogP contribution in [0.25, 0.3) is 11.0 Å². The van der Waals surface area contributed by atoms with Crippen LogP contribution < -0.4 is 5.43 Å². The predicted octanol–water partition coefficient (Wildman–Crippen LogP) is 1.77. The summed E-state index contributed by atoms with van der Waals surface area (Å²) in [5.74, 6) is 2.56. The van der Waals surface area contributed by atoms with E-state index in [1.54, 1.807) is 24.3 Å². The monoisotopic (exact) mass is 170 g/mol. The molecule has 2 nitrogen and oxygen atoms in total. The van der Waals surface area contributed by atoms with Crippen LogP contribution in [-0.2, 0) is 0 Å². The van der Waals surface area contributed by atoms with Crippen molar-refractivity contribution in [1.29, 1.82) is 0 Å². The molecule has 0 aliphatic heterocycles. The van der Waals surface area contributed by atoms with E-state index < -0.39 is 0 Å². The summed E-state index contributed by atoms with van der Waals surface area (Å²) in [4.78, 5) is 11.4. The van der Waals surface area contributed by atoms with Gasteiger partial charge in [0.2, 0.25) is 0 Å². The van der Waals surface area contributed by atoms with Gasteiger partial charge in [0.1, 0.15) is 5.58 Å². The van der Waals surface area contributed by atoms with Gasteiger partial charge in [0, 0.05) is 6.07 Å². The molecular weight excluding hydrogens is 164 g/mol. The molecule has 1 aromatic heterocycles. The van der Waals surface area contributed by atoms with Crippen LogP contribution in [0.3, 0.4) is 0 Å². The topological polar surface area (TPSA) is 30.2 Å². The first-order valence-electron chi connectivity index (χ1n) is 3.81. The molecule has 0 radical (unpaired) electrons. The zero-order valence-corrected chi connectivity index (χ0v) is 6.78. The summed E-state index contributed by atoms with van der Waals surface area (Å²) in [6.45, 7) is 0. The van der Waals surface area contributed by atoms with Crippen LogP contribution in [-0.4, -0.2) is 0 Å². The zero-order valence-electron chi connectivity index (χ0n) is 6.78. The zero-order chi connectivity index (χ0) is 9.26. The Morgan fingerprint density at radius 2 is 2.08 bits per heavy atom. The first-order valence-corrected chi connectivity index (χ1v) is 3.81. The molecule has 0 aliphatic carbocycles. The number of hydrogen-bond donors (Lipinski definition) is 0. The molecule has 0 N–H and O–H groups in total. The third-order valence-electron chi connectivity index (χ3n) is 1.78. The molecule has 1 aromatic carbocycles. The van der Waals surface area contributed by atoms with E-state index in [-0.39, 0.29) is 11.2 Å². The van der Waals surface area contributed by atoms with Crippen molar-refractivity contribution in [1.82, 2.24) is 0 Å². The van der Waals surface area contributed by atoms with Crippen LogP contribution in [0, 0.1) is 12.3 Å². The molecule has 0 fully saturated rings. The molecule has 0 unspecified atom stereocenters. The minimum Gasteiger partial charge on any atom is -0.447 e. The lowest BCUT2D eigenvalue weighted by Gasteiger charge is -1.95. The molecule has 0 saturated heterocycles. The van der Waals surface area contributed by atoms with Gasteiger partial charge >= 0.3 is 0 Å². The van der Waals surface area contributed by atoms with Gasteiger partial charge in [-0.1, -0.05) is 12.1 Å². The Morgan fingerprint density at radius 3 is 2.85 bits per heavy atom. The van der Waals surface area contributed by atoms with Crippen molar-refractivity contribution < 1.29 is 4.42 Å². The number of benzene rings is 1. The Bertz CT molecular complexity index is 544. The molecule has 0 bridgehead atoms. The second-order valence-electron chi connectivity index (χ2n) is 2.62. The predicted molar refractivity (Wildman–Crippen MR) is 50.4 cm³/mol. The second-order valence-corrected chi connectivity index (χ2v) is 2.62. The van der Waals surface area contributed by atoms with Crippen LogP contribution in [0.1, 0.15) is 5.76 Å². The van der Waals surface area contributed by atoms with Crippen LogP contribution in [0.15, 0.2) is 39.5 Å². The molecule has 13 heavy (non-hydrogen) atoms. The summed E-state index contributed by atoms with van der Waals surface area (Å²) < 4.78 is 5.26. The lowest BCUT2D eigenvalue weighted by Crippen LogP contribution is -1.99. The molecule has 62 valence electrons. The third-order valence-corrected chi connectivity index (χ3v) is 1.78. The van der Waals surface area contributed by atoms with E-state index in [2.05, 4.69) is 5.92 Å². The van der Waals surface area contributed by atoms with E-state index in [0.717, 1.165) is 0 Å². The van der Waals surface area contributed by atoms with Crippen molar-refractivity contribution in [2.24, 2.45) is 0 Å². The lowest BCUT2D eigenvalue weighted by molar-refractivity contribution is 0.588. The van der Waals surface area contributed by atoms with Gasteiger partial charge in [0.25, 0.3) is 0 Å². The van der Waals surface area contributed by atoms with Crippen LogP contribution in [0.2, 0.25) is 0 Å². The van der Waals surface area contributed by atoms with Crippen molar-refractivity contribution >= 4 is 11.0 Å². The minimum atomic E-state index is -0.102. The standard InChI is InChI=1S/C11H6O2/c1-2-8-7-10(12)9-5-3-4-6-11(9)13-8/h1,3-7H. The van der Waals surface area contributed by atoms with Gasteiger partial charge < -0.3 is 4.42 Å². The summed E-state index contributed by atoms with van der Waals surface area (Å²) in [6.07, 6.45) is 5.13. The van der Waals surface area contributed by atoms with Crippen molar-refractivity contribution in [3.8, 4) is 12.3 Å². The first-order chi connectivity index (χ1) is 6.31. The van der Waals surface area contributed by atoms with Crippen LogP contribution in [0.4, 0.5) is 0 Å². The lowest BCUT2D eigenvalue weighted by atomic mass is 10.2. The molecule has 1 heterocycles. The molecule has 0 saturated carbocycles. The number of para-hydroxylation sites is 1. The number of hydrogen-bond acceptors (Lipinski definition) is 2.